The summed E-state index contributed by atoms with van der Waals surface area (Å²) in [5.41, 5.74) is 4.82. The highest BCUT2D eigenvalue weighted by Crippen LogP contribution is 2.60. The Labute approximate surface area is 110 Å². The van der Waals surface area contributed by atoms with Crippen molar-refractivity contribution in [3.05, 3.63) is 22.8 Å². The number of ketones is 1. The van der Waals surface area contributed by atoms with Gasteiger partial charge in [-0.15, -0.1) is 0 Å². The second-order valence-electron chi connectivity index (χ2n) is 6.93. The summed E-state index contributed by atoms with van der Waals surface area (Å²) in [5.74, 6) is 0.391. The fraction of sp³-hybridized carbons (Fsp3) is 0.706. The van der Waals surface area contributed by atoms with Crippen molar-refractivity contribution >= 4 is 5.78 Å². The average molecular weight is 244 g/mol. The minimum Gasteiger partial charge on any atom is -0.295 e. The maximum Gasteiger partial charge on any atom is 0.158 e. The zero-order chi connectivity index (χ0) is 13.0. The van der Waals surface area contributed by atoms with Gasteiger partial charge in [-0.3, -0.25) is 4.79 Å². The van der Waals surface area contributed by atoms with Gasteiger partial charge in [0.2, 0.25) is 0 Å². The topological polar surface area (TPSA) is 17.1 Å². The predicted molar refractivity (Wildman–Crippen MR) is 74.3 cm³/mol. The van der Waals surface area contributed by atoms with Crippen LogP contribution in [0, 0.1) is 10.8 Å². The van der Waals surface area contributed by atoms with Crippen molar-refractivity contribution in [2.45, 2.75) is 65.7 Å². The summed E-state index contributed by atoms with van der Waals surface area (Å²) in [6, 6.07) is 0. The van der Waals surface area contributed by atoms with Crippen molar-refractivity contribution in [1.82, 2.24) is 0 Å². The molecule has 3 rings (SSSR count). The third kappa shape index (κ3) is 1.49. The molecule has 1 nitrogen and oxygen atoms in total. The van der Waals surface area contributed by atoms with E-state index in [1.807, 2.05) is 0 Å². The predicted octanol–water partition coefficient (Wildman–Crippen LogP) is 4.58. The molecule has 0 radical (unpaired) electrons. The lowest BCUT2D eigenvalue weighted by molar-refractivity contribution is -0.116. The third-order valence-electron chi connectivity index (χ3n) is 5.84. The van der Waals surface area contributed by atoms with Gasteiger partial charge >= 0.3 is 0 Å². The van der Waals surface area contributed by atoms with Crippen LogP contribution in [0.4, 0.5) is 0 Å². The lowest BCUT2D eigenvalue weighted by atomic mass is 9.51. The number of rotatable bonds is 0. The molecule has 0 spiro atoms. The zero-order valence-electron chi connectivity index (χ0n) is 11.9. The van der Waals surface area contributed by atoms with Crippen LogP contribution in [-0.4, -0.2) is 5.78 Å². The van der Waals surface area contributed by atoms with Crippen molar-refractivity contribution in [1.29, 1.82) is 0 Å². The summed E-state index contributed by atoms with van der Waals surface area (Å²) >= 11 is 0. The lowest BCUT2D eigenvalue weighted by Crippen LogP contribution is -2.42. The van der Waals surface area contributed by atoms with Gasteiger partial charge in [0.05, 0.1) is 0 Å². The Kier molecular flexibility index (Phi) is 2.59. The van der Waals surface area contributed by atoms with Crippen LogP contribution in [-0.2, 0) is 4.79 Å². The highest BCUT2D eigenvalue weighted by Gasteiger charge is 2.49. The van der Waals surface area contributed by atoms with Gasteiger partial charge in [0.15, 0.2) is 5.78 Å². The number of fused-ring (bicyclic) bond motifs is 3. The van der Waals surface area contributed by atoms with Gasteiger partial charge in [-0.05, 0) is 56.4 Å². The molecule has 0 aliphatic heterocycles. The first-order valence-electron chi connectivity index (χ1n) is 7.42. The standard InChI is InChI=1S/C17H24O/c1-12-13-7-10-16(2)9-5-4-6-15(16)17(13,3)11-8-14(12)18/h6H,4-5,7-11H2,1-3H3/t16?,17-/m0/s1. The van der Waals surface area contributed by atoms with Crippen molar-refractivity contribution in [3.8, 4) is 0 Å². The first-order chi connectivity index (χ1) is 8.47. The van der Waals surface area contributed by atoms with E-state index in [4.69, 9.17) is 0 Å². The molecular formula is C17H24O. The molecule has 0 amide bonds. The average Bonchev–Trinajstić information content (AvgIpc) is 2.34. The third-order valence-corrected chi connectivity index (χ3v) is 5.84. The van der Waals surface area contributed by atoms with Crippen LogP contribution in [0.5, 0.6) is 0 Å². The molecule has 1 heteroatoms. The molecule has 98 valence electrons. The number of allylic oxidation sites excluding steroid dienone is 4. The summed E-state index contributed by atoms with van der Waals surface area (Å²) in [6.07, 6.45) is 10.6. The molecule has 1 unspecified atom stereocenters. The summed E-state index contributed by atoms with van der Waals surface area (Å²) in [5, 5.41) is 0. The normalized spacial score (nSPS) is 40.2. The van der Waals surface area contributed by atoms with Gasteiger partial charge < -0.3 is 0 Å². The smallest absolute Gasteiger partial charge is 0.158 e. The Morgan fingerprint density at radius 3 is 2.67 bits per heavy atom. The van der Waals surface area contributed by atoms with E-state index in [1.165, 1.54) is 31.3 Å². The molecule has 0 bridgehead atoms. The number of Topliss-reactive ketones (excluding diaryl/α,β-unsaturated/α-hetero) is 1. The van der Waals surface area contributed by atoms with Gasteiger partial charge in [-0.2, -0.15) is 0 Å². The van der Waals surface area contributed by atoms with Crippen LogP contribution in [0.15, 0.2) is 22.8 Å². The van der Waals surface area contributed by atoms with Crippen molar-refractivity contribution in [2.24, 2.45) is 10.8 Å². The molecular weight excluding hydrogens is 220 g/mol. The number of carbonyl (C=O) groups is 1. The first-order valence-corrected chi connectivity index (χ1v) is 7.42. The molecule has 0 N–H and O–H groups in total. The second kappa shape index (κ2) is 3.82. The molecule has 1 saturated carbocycles. The van der Waals surface area contributed by atoms with Gasteiger partial charge in [-0.25, -0.2) is 0 Å². The van der Waals surface area contributed by atoms with Crippen LogP contribution in [0.25, 0.3) is 0 Å². The van der Waals surface area contributed by atoms with E-state index in [-0.39, 0.29) is 5.41 Å². The fourth-order valence-electron chi connectivity index (χ4n) is 4.72. The minimum atomic E-state index is 0.200. The van der Waals surface area contributed by atoms with E-state index in [0.717, 1.165) is 24.8 Å². The Morgan fingerprint density at radius 1 is 1.11 bits per heavy atom. The summed E-state index contributed by atoms with van der Waals surface area (Å²) < 4.78 is 0. The van der Waals surface area contributed by atoms with Crippen molar-refractivity contribution in [2.75, 3.05) is 0 Å². The van der Waals surface area contributed by atoms with E-state index in [2.05, 4.69) is 26.8 Å². The minimum absolute atomic E-state index is 0.200. The molecule has 0 aromatic heterocycles. The van der Waals surface area contributed by atoms with E-state index in [0.29, 0.717) is 11.2 Å². The van der Waals surface area contributed by atoms with Gasteiger partial charge in [-0.1, -0.05) is 31.1 Å². The Hall–Kier alpha value is -0.850. The first kappa shape index (κ1) is 12.2. The van der Waals surface area contributed by atoms with Gasteiger partial charge in [0, 0.05) is 11.8 Å². The van der Waals surface area contributed by atoms with Gasteiger partial charge in [0.1, 0.15) is 0 Å². The largest absolute Gasteiger partial charge is 0.295 e. The molecule has 3 aliphatic rings. The monoisotopic (exact) mass is 244 g/mol. The number of carbonyl (C=O) groups excluding carboxylic acids is 1. The van der Waals surface area contributed by atoms with Crippen LogP contribution < -0.4 is 0 Å². The molecule has 18 heavy (non-hydrogen) atoms. The molecule has 0 aromatic carbocycles. The van der Waals surface area contributed by atoms with Gasteiger partial charge in [0.25, 0.3) is 0 Å². The van der Waals surface area contributed by atoms with Crippen LogP contribution in [0.2, 0.25) is 0 Å². The highest BCUT2D eigenvalue weighted by molar-refractivity contribution is 5.97. The van der Waals surface area contributed by atoms with E-state index < -0.39 is 0 Å². The van der Waals surface area contributed by atoms with E-state index in [9.17, 15) is 4.79 Å². The highest BCUT2D eigenvalue weighted by atomic mass is 16.1. The Balaban J connectivity index is 2.14. The summed E-state index contributed by atoms with van der Waals surface area (Å²) in [6.45, 7) is 6.90. The fourth-order valence-corrected chi connectivity index (χ4v) is 4.72. The second-order valence-corrected chi connectivity index (χ2v) is 6.93. The maximum absolute atomic E-state index is 12.0. The molecule has 0 heterocycles. The molecule has 2 atom stereocenters. The van der Waals surface area contributed by atoms with E-state index in [1.54, 1.807) is 5.57 Å². The summed E-state index contributed by atoms with van der Waals surface area (Å²) in [7, 11) is 0. The molecule has 0 saturated heterocycles. The molecule has 0 aromatic rings. The molecule has 1 fully saturated rings. The summed E-state index contributed by atoms with van der Waals surface area (Å²) in [4.78, 5) is 12.0. The van der Waals surface area contributed by atoms with Crippen LogP contribution in [0.3, 0.4) is 0 Å². The van der Waals surface area contributed by atoms with E-state index >= 15 is 0 Å². The quantitative estimate of drug-likeness (QED) is 0.570. The van der Waals surface area contributed by atoms with Crippen molar-refractivity contribution < 1.29 is 4.79 Å². The zero-order valence-corrected chi connectivity index (χ0v) is 11.9. The Morgan fingerprint density at radius 2 is 1.89 bits per heavy atom. The van der Waals surface area contributed by atoms with Crippen LogP contribution in [0.1, 0.15) is 65.7 Å². The van der Waals surface area contributed by atoms with Crippen LogP contribution >= 0.6 is 0 Å². The lowest BCUT2D eigenvalue weighted by Gasteiger charge is -2.53. The number of hydrogen-bond acceptors (Lipinski definition) is 1. The SMILES string of the molecule is CC1=C2CCC3(C)CCCC=C3[C@@]2(C)CCC1=O. The molecule has 3 aliphatic carbocycles. The maximum atomic E-state index is 12.0. The van der Waals surface area contributed by atoms with Crippen molar-refractivity contribution in [3.63, 3.8) is 0 Å². The Bertz CT molecular complexity index is 468. The number of hydrogen-bond donors (Lipinski definition) is 0.